The number of fused-ring (bicyclic) bond motifs is 8. The molecule has 0 amide bonds. The Labute approximate surface area is 279 Å². The molecule has 2 heteroatoms. The lowest BCUT2D eigenvalue weighted by Gasteiger charge is -2.49. The van der Waals surface area contributed by atoms with E-state index >= 15 is 0 Å². The lowest BCUT2D eigenvalue weighted by Crippen LogP contribution is -2.40. The van der Waals surface area contributed by atoms with Gasteiger partial charge in [0.1, 0.15) is 11.5 Å². The standard InChI is InChI=1S/C45H41NO/c1-43(2,3)32-22-26-41-37(28-32)45(38-29-33(44(4,5)6)23-27-42(38)47-41)35-16-10-12-18-39(35)46(40-19-13-11-17-36(40)45)34-24-20-31(21-25-34)30-14-8-7-9-15-30/h7-29H,1-6H3. The average Bonchev–Trinajstić information content (AvgIpc) is 3.07. The second kappa shape index (κ2) is 10.5. The monoisotopic (exact) mass is 611 g/mol. The number of nitrogens with zero attached hydrogens (tertiary/aromatic N) is 1. The van der Waals surface area contributed by atoms with E-state index in [-0.39, 0.29) is 10.8 Å². The van der Waals surface area contributed by atoms with E-state index in [0.29, 0.717) is 0 Å². The van der Waals surface area contributed by atoms with E-state index in [2.05, 4.69) is 186 Å². The van der Waals surface area contributed by atoms with Crippen LogP contribution >= 0.6 is 0 Å². The maximum absolute atomic E-state index is 6.82. The van der Waals surface area contributed by atoms with Crippen LogP contribution in [-0.2, 0) is 16.2 Å². The fraction of sp³-hybridized carbons (Fsp3) is 0.200. The number of rotatable bonds is 2. The van der Waals surface area contributed by atoms with Crippen LogP contribution in [0.3, 0.4) is 0 Å². The van der Waals surface area contributed by atoms with Gasteiger partial charge in [0.25, 0.3) is 0 Å². The Morgan fingerprint density at radius 3 is 1.38 bits per heavy atom. The number of hydrogen-bond donors (Lipinski definition) is 0. The molecule has 0 saturated carbocycles. The molecule has 2 aliphatic heterocycles. The lowest BCUT2D eigenvalue weighted by molar-refractivity contribution is 0.430. The summed E-state index contributed by atoms with van der Waals surface area (Å²) < 4.78 is 6.82. The third kappa shape index (κ3) is 4.53. The van der Waals surface area contributed by atoms with Gasteiger partial charge < -0.3 is 9.64 Å². The summed E-state index contributed by atoms with van der Waals surface area (Å²) in [5.41, 5.74) is 12.8. The maximum Gasteiger partial charge on any atom is 0.132 e. The summed E-state index contributed by atoms with van der Waals surface area (Å²) in [6.07, 6.45) is 0. The number of anilines is 3. The zero-order chi connectivity index (χ0) is 32.6. The number of benzene rings is 6. The third-order valence-corrected chi connectivity index (χ3v) is 10.0. The fourth-order valence-corrected chi connectivity index (χ4v) is 7.56. The van der Waals surface area contributed by atoms with Crippen LogP contribution in [0.5, 0.6) is 11.5 Å². The Hall–Kier alpha value is -5.08. The lowest BCUT2D eigenvalue weighted by atomic mass is 9.60. The van der Waals surface area contributed by atoms with Gasteiger partial charge >= 0.3 is 0 Å². The molecule has 0 aromatic heterocycles. The van der Waals surface area contributed by atoms with Gasteiger partial charge in [0.05, 0.1) is 16.8 Å². The summed E-state index contributed by atoms with van der Waals surface area (Å²) in [5, 5.41) is 0. The minimum atomic E-state index is -0.584. The summed E-state index contributed by atoms with van der Waals surface area (Å²) >= 11 is 0. The van der Waals surface area contributed by atoms with Gasteiger partial charge in [-0.1, -0.05) is 133 Å². The Morgan fingerprint density at radius 2 is 0.894 bits per heavy atom. The molecule has 47 heavy (non-hydrogen) atoms. The van der Waals surface area contributed by atoms with Crippen LogP contribution in [-0.4, -0.2) is 0 Å². The van der Waals surface area contributed by atoms with Gasteiger partial charge in [-0.25, -0.2) is 0 Å². The van der Waals surface area contributed by atoms with Gasteiger partial charge in [-0.05, 0) is 92.7 Å². The quantitative estimate of drug-likeness (QED) is 0.193. The van der Waals surface area contributed by atoms with Crippen molar-refractivity contribution in [1.29, 1.82) is 0 Å². The molecule has 2 nitrogen and oxygen atoms in total. The first-order valence-electron chi connectivity index (χ1n) is 16.7. The Balaban J connectivity index is 1.45. The topological polar surface area (TPSA) is 12.5 Å². The fourth-order valence-electron chi connectivity index (χ4n) is 7.56. The number of para-hydroxylation sites is 2. The summed E-state index contributed by atoms with van der Waals surface area (Å²) in [4.78, 5) is 2.45. The van der Waals surface area contributed by atoms with Crippen LogP contribution in [0.2, 0.25) is 0 Å². The molecule has 0 atom stereocenters. The van der Waals surface area contributed by atoms with E-state index in [1.165, 1.54) is 55.9 Å². The molecule has 0 saturated heterocycles. The van der Waals surface area contributed by atoms with Crippen molar-refractivity contribution in [2.45, 2.75) is 57.8 Å². The average molecular weight is 612 g/mol. The predicted molar refractivity (Wildman–Crippen MR) is 196 cm³/mol. The third-order valence-electron chi connectivity index (χ3n) is 10.0. The second-order valence-electron chi connectivity index (χ2n) is 15.1. The minimum absolute atomic E-state index is 0.0238. The molecule has 0 aliphatic carbocycles. The molecule has 0 unspecified atom stereocenters. The smallest absolute Gasteiger partial charge is 0.132 e. The van der Waals surface area contributed by atoms with Crippen molar-refractivity contribution in [3.05, 3.63) is 173 Å². The SMILES string of the molecule is CC(C)(C)c1ccc2c(c1)C1(c3cc(C(C)(C)C)ccc3O2)c2ccccc2N(c2ccc(-c3ccccc3)cc2)c2ccccc21. The molecule has 2 heterocycles. The summed E-state index contributed by atoms with van der Waals surface area (Å²) in [5.74, 6) is 1.83. The number of ether oxygens (including phenoxy) is 1. The Morgan fingerprint density at radius 1 is 0.447 bits per heavy atom. The molecule has 232 valence electrons. The first kappa shape index (κ1) is 29.3. The molecule has 0 fully saturated rings. The summed E-state index contributed by atoms with van der Waals surface area (Å²) in [6.45, 7) is 13.8. The summed E-state index contributed by atoms with van der Waals surface area (Å²) in [7, 11) is 0. The van der Waals surface area contributed by atoms with Crippen LogP contribution in [0.15, 0.2) is 140 Å². The van der Waals surface area contributed by atoms with Crippen molar-refractivity contribution < 1.29 is 4.74 Å². The molecule has 6 aromatic rings. The maximum atomic E-state index is 6.82. The number of hydrogen-bond acceptors (Lipinski definition) is 2. The highest BCUT2D eigenvalue weighted by Crippen LogP contribution is 2.63. The highest BCUT2D eigenvalue weighted by Gasteiger charge is 2.51. The van der Waals surface area contributed by atoms with Crippen LogP contribution in [0, 0.1) is 0 Å². The highest BCUT2D eigenvalue weighted by atomic mass is 16.5. The van der Waals surface area contributed by atoms with Gasteiger partial charge in [0.15, 0.2) is 0 Å². The van der Waals surface area contributed by atoms with Crippen LogP contribution < -0.4 is 9.64 Å². The molecule has 0 bridgehead atoms. The van der Waals surface area contributed by atoms with Crippen molar-refractivity contribution in [2.24, 2.45) is 0 Å². The van der Waals surface area contributed by atoms with Crippen molar-refractivity contribution in [1.82, 2.24) is 0 Å². The van der Waals surface area contributed by atoms with Crippen molar-refractivity contribution in [3.8, 4) is 22.6 Å². The molecule has 1 spiro atoms. The largest absolute Gasteiger partial charge is 0.457 e. The van der Waals surface area contributed by atoms with Gasteiger partial charge in [0.2, 0.25) is 0 Å². The van der Waals surface area contributed by atoms with E-state index in [0.717, 1.165) is 17.2 Å². The first-order chi connectivity index (χ1) is 22.6. The molecule has 2 aliphatic rings. The highest BCUT2D eigenvalue weighted by molar-refractivity contribution is 5.91. The molecule has 6 aromatic carbocycles. The normalized spacial score (nSPS) is 14.5. The minimum Gasteiger partial charge on any atom is -0.457 e. The molecule has 0 N–H and O–H groups in total. The second-order valence-corrected chi connectivity index (χ2v) is 15.1. The van der Waals surface area contributed by atoms with E-state index in [9.17, 15) is 0 Å². The summed E-state index contributed by atoms with van der Waals surface area (Å²) in [6, 6.07) is 51.3. The van der Waals surface area contributed by atoms with E-state index in [1.54, 1.807) is 0 Å². The van der Waals surface area contributed by atoms with Crippen LogP contribution in [0.4, 0.5) is 17.1 Å². The van der Waals surface area contributed by atoms with E-state index < -0.39 is 5.41 Å². The van der Waals surface area contributed by atoms with Crippen LogP contribution in [0.25, 0.3) is 11.1 Å². The Bertz CT molecular complexity index is 2010. The molecular weight excluding hydrogens is 571 g/mol. The van der Waals surface area contributed by atoms with Crippen molar-refractivity contribution in [3.63, 3.8) is 0 Å². The van der Waals surface area contributed by atoms with Crippen molar-refractivity contribution >= 4 is 17.1 Å². The van der Waals surface area contributed by atoms with E-state index in [4.69, 9.17) is 4.74 Å². The zero-order valence-electron chi connectivity index (χ0n) is 28.1. The van der Waals surface area contributed by atoms with Crippen LogP contribution in [0.1, 0.15) is 74.9 Å². The van der Waals surface area contributed by atoms with Gasteiger partial charge in [0, 0.05) is 16.8 Å². The molecule has 8 rings (SSSR count). The van der Waals surface area contributed by atoms with Gasteiger partial charge in [-0.2, -0.15) is 0 Å². The zero-order valence-corrected chi connectivity index (χ0v) is 28.1. The first-order valence-corrected chi connectivity index (χ1v) is 16.7. The molecule has 0 radical (unpaired) electrons. The van der Waals surface area contributed by atoms with Gasteiger partial charge in [-0.3, -0.25) is 0 Å². The van der Waals surface area contributed by atoms with E-state index in [1.807, 2.05) is 0 Å². The Kier molecular flexibility index (Phi) is 6.53. The molecular formula is C45H41NO. The predicted octanol–water partition coefficient (Wildman–Crippen LogP) is 12.2. The van der Waals surface area contributed by atoms with Crippen molar-refractivity contribution in [2.75, 3.05) is 4.90 Å². The van der Waals surface area contributed by atoms with Gasteiger partial charge in [-0.15, -0.1) is 0 Å².